The molecule has 1 aromatic rings. The van der Waals surface area contributed by atoms with Crippen molar-refractivity contribution in [3.63, 3.8) is 0 Å². The number of hydrogen-bond acceptors (Lipinski definition) is 4. The van der Waals surface area contributed by atoms with Crippen molar-refractivity contribution in [1.82, 2.24) is 5.32 Å². The quantitative estimate of drug-likeness (QED) is 0.822. The first-order chi connectivity index (χ1) is 9.31. The summed E-state index contributed by atoms with van der Waals surface area (Å²) < 4.78 is 5.57. The van der Waals surface area contributed by atoms with Gasteiger partial charge in [-0.1, -0.05) is 11.8 Å². The topological polar surface area (TPSA) is 58.6 Å². The van der Waals surface area contributed by atoms with Gasteiger partial charge in [0.2, 0.25) is 0 Å². The molecule has 4 nitrogen and oxygen atoms in total. The molecule has 1 unspecified atom stereocenters. The predicted octanol–water partition coefficient (Wildman–Crippen LogP) is 1.39. The maximum Gasteiger partial charge on any atom is 0.262 e. The van der Waals surface area contributed by atoms with Gasteiger partial charge in [0, 0.05) is 18.7 Å². The van der Waals surface area contributed by atoms with Crippen LogP contribution in [0.15, 0.2) is 11.4 Å². The zero-order chi connectivity index (χ0) is 13.5. The number of aliphatic hydroxyl groups excluding tert-OH is 1. The molecule has 1 aromatic heterocycles. The van der Waals surface area contributed by atoms with Crippen LogP contribution in [0.4, 0.5) is 0 Å². The number of amides is 1. The average Bonchev–Trinajstić information content (AvgIpc) is 2.92. The lowest BCUT2D eigenvalue weighted by atomic mass is 10.1. The number of nitrogens with one attached hydrogen (secondary N) is 1. The predicted molar refractivity (Wildman–Crippen MR) is 74.2 cm³/mol. The standard InChI is InChI=1S/C14H17NO3S/c16-7-3-4-11-6-9-19-13(11)14(17)15-10-12-5-1-2-8-18-12/h6,9,12,16H,1-2,5,7-8,10H2,(H,15,17). The molecule has 1 amide bonds. The Morgan fingerprint density at radius 1 is 1.58 bits per heavy atom. The van der Waals surface area contributed by atoms with E-state index < -0.39 is 0 Å². The Morgan fingerprint density at radius 2 is 2.47 bits per heavy atom. The number of carbonyl (C=O) groups excluding carboxylic acids is 1. The summed E-state index contributed by atoms with van der Waals surface area (Å²) in [5.41, 5.74) is 0.668. The first-order valence-electron chi connectivity index (χ1n) is 6.38. The van der Waals surface area contributed by atoms with Crippen LogP contribution < -0.4 is 5.32 Å². The summed E-state index contributed by atoms with van der Waals surface area (Å²) in [5, 5.41) is 13.4. The number of aliphatic hydroxyl groups is 1. The van der Waals surface area contributed by atoms with Crippen LogP contribution in [0.3, 0.4) is 0 Å². The number of hydrogen-bond donors (Lipinski definition) is 2. The van der Waals surface area contributed by atoms with Gasteiger partial charge in [0.1, 0.15) is 11.5 Å². The Kier molecular flexibility index (Phi) is 5.40. The monoisotopic (exact) mass is 279 g/mol. The molecule has 1 atom stereocenters. The summed E-state index contributed by atoms with van der Waals surface area (Å²) in [5.74, 6) is 5.22. The average molecular weight is 279 g/mol. The van der Waals surface area contributed by atoms with E-state index in [0.29, 0.717) is 17.0 Å². The van der Waals surface area contributed by atoms with Crippen LogP contribution in [0.1, 0.15) is 34.5 Å². The van der Waals surface area contributed by atoms with Gasteiger partial charge in [-0.15, -0.1) is 11.3 Å². The van der Waals surface area contributed by atoms with Crippen LogP contribution in [0.5, 0.6) is 0 Å². The van der Waals surface area contributed by atoms with Gasteiger partial charge in [-0.25, -0.2) is 0 Å². The van der Waals surface area contributed by atoms with Crippen molar-refractivity contribution in [3.05, 3.63) is 21.9 Å². The van der Waals surface area contributed by atoms with Crippen molar-refractivity contribution in [1.29, 1.82) is 0 Å². The molecule has 0 aliphatic carbocycles. The Labute approximate surface area is 116 Å². The first kappa shape index (κ1) is 14.1. The summed E-state index contributed by atoms with van der Waals surface area (Å²) >= 11 is 1.36. The molecule has 2 N–H and O–H groups in total. The third-order valence-electron chi connectivity index (χ3n) is 2.94. The van der Waals surface area contributed by atoms with E-state index in [9.17, 15) is 4.79 Å². The summed E-state index contributed by atoms with van der Waals surface area (Å²) in [6.07, 6.45) is 3.40. The molecule has 0 aromatic carbocycles. The highest BCUT2D eigenvalue weighted by Gasteiger charge is 2.17. The van der Waals surface area contributed by atoms with E-state index in [-0.39, 0.29) is 18.6 Å². The van der Waals surface area contributed by atoms with E-state index in [4.69, 9.17) is 9.84 Å². The summed E-state index contributed by atoms with van der Waals surface area (Å²) in [4.78, 5) is 12.6. The molecule has 5 heteroatoms. The van der Waals surface area contributed by atoms with Gasteiger partial charge in [0.05, 0.1) is 6.10 Å². The third kappa shape index (κ3) is 4.06. The van der Waals surface area contributed by atoms with Crippen LogP contribution in [0, 0.1) is 11.8 Å². The minimum Gasteiger partial charge on any atom is -0.384 e. The van der Waals surface area contributed by atoms with E-state index in [2.05, 4.69) is 17.2 Å². The SMILES string of the molecule is O=C(NCC1CCCCO1)c1sccc1C#CCO. The second-order valence-corrected chi connectivity index (χ2v) is 5.24. The van der Waals surface area contributed by atoms with Gasteiger partial charge < -0.3 is 15.2 Å². The Hall–Kier alpha value is -1.35. The highest BCUT2D eigenvalue weighted by Crippen LogP contribution is 2.16. The van der Waals surface area contributed by atoms with Gasteiger partial charge in [0.15, 0.2) is 0 Å². The van der Waals surface area contributed by atoms with Crippen LogP contribution in [-0.2, 0) is 4.74 Å². The van der Waals surface area contributed by atoms with Crippen LogP contribution in [0.2, 0.25) is 0 Å². The molecular weight excluding hydrogens is 262 g/mol. The molecule has 0 bridgehead atoms. The fourth-order valence-corrected chi connectivity index (χ4v) is 2.74. The van der Waals surface area contributed by atoms with Crippen LogP contribution in [0.25, 0.3) is 0 Å². The Balaban J connectivity index is 1.90. The highest BCUT2D eigenvalue weighted by atomic mass is 32.1. The Morgan fingerprint density at radius 3 is 3.21 bits per heavy atom. The molecule has 102 valence electrons. The molecule has 1 fully saturated rings. The molecule has 2 heterocycles. The van der Waals surface area contributed by atoms with Gasteiger partial charge in [0.25, 0.3) is 5.91 Å². The molecule has 19 heavy (non-hydrogen) atoms. The fraction of sp³-hybridized carbons (Fsp3) is 0.500. The normalized spacial score (nSPS) is 18.5. The van der Waals surface area contributed by atoms with Crippen molar-refractivity contribution in [2.24, 2.45) is 0 Å². The molecule has 1 aliphatic rings. The van der Waals surface area contributed by atoms with E-state index in [1.54, 1.807) is 6.07 Å². The van der Waals surface area contributed by atoms with Crippen molar-refractivity contribution in [2.45, 2.75) is 25.4 Å². The van der Waals surface area contributed by atoms with Crippen LogP contribution >= 0.6 is 11.3 Å². The van der Waals surface area contributed by atoms with Gasteiger partial charge in [-0.2, -0.15) is 0 Å². The third-order valence-corrected chi connectivity index (χ3v) is 3.85. The lowest BCUT2D eigenvalue weighted by Crippen LogP contribution is -2.35. The van der Waals surface area contributed by atoms with Crippen molar-refractivity contribution < 1.29 is 14.6 Å². The minimum absolute atomic E-state index is 0.119. The van der Waals surface area contributed by atoms with Gasteiger partial charge in [-0.05, 0) is 30.7 Å². The largest absolute Gasteiger partial charge is 0.384 e. The van der Waals surface area contributed by atoms with Gasteiger partial charge >= 0.3 is 0 Å². The summed E-state index contributed by atoms with van der Waals surface area (Å²) in [6.45, 7) is 1.13. The lowest BCUT2D eigenvalue weighted by Gasteiger charge is -2.22. The number of rotatable bonds is 3. The van der Waals surface area contributed by atoms with Gasteiger partial charge in [-0.3, -0.25) is 4.79 Å². The van der Waals surface area contributed by atoms with E-state index in [0.717, 1.165) is 25.9 Å². The molecule has 0 spiro atoms. The molecule has 0 radical (unpaired) electrons. The summed E-state index contributed by atoms with van der Waals surface area (Å²) in [6, 6.07) is 1.79. The fourth-order valence-electron chi connectivity index (χ4n) is 1.97. The second kappa shape index (κ2) is 7.29. The van der Waals surface area contributed by atoms with E-state index in [1.807, 2.05) is 5.38 Å². The van der Waals surface area contributed by atoms with E-state index >= 15 is 0 Å². The minimum atomic E-state index is -0.202. The van der Waals surface area contributed by atoms with Crippen molar-refractivity contribution >= 4 is 17.2 Å². The zero-order valence-corrected chi connectivity index (χ0v) is 11.5. The van der Waals surface area contributed by atoms with Crippen molar-refractivity contribution in [2.75, 3.05) is 19.8 Å². The van der Waals surface area contributed by atoms with E-state index in [1.165, 1.54) is 11.3 Å². The second-order valence-electron chi connectivity index (χ2n) is 4.32. The molecule has 1 aliphatic heterocycles. The lowest BCUT2D eigenvalue weighted by molar-refractivity contribution is 0.0169. The number of carbonyl (C=O) groups is 1. The molecule has 0 saturated carbocycles. The summed E-state index contributed by atoms with van der Waals surface area (Å²) in [7, 11) is 0. The van der Waals surface area contributed by atoms with Crippen molar-refractivity contribution in [3.8, 4) is 11.8 Å². The smallest absolute Gasteiger partial charge is 0.262 e. The molecule has 1 saturated heterocycles. The maximum absolute atomic E-state index is 12.0. The highest BCUT2D eigenvalue weighted by molar-refractivity contribution is 7.12. The molecule has 2 rings (SSSR count). The number of ether oxygens (including phenoxy) is 1. The van der Waals surface area contributed by atoms with Crippen LogP contribution in [-0.4, -0.2) is 36.9 Å². The maximum atomic E-state index is 12.0. The Bertz CT molecular complexity index is 480. The zero-order valence-electron chi connectivity index (χ0n) is 10.6. The number of thiophene rings is 1. The molecular formula is C14H17NO3S. The first-order valence-corrected chi connectivity index (χ1v) is 7.26.